The van der Waals surface area contributed by atoms with Gasteiger partial charge in [-0.3, -0.25) is 0 Å². The second-order valence-electron chi connectivity index (χ2n) is 5.45. The Morgan fingerprint density at radius 2 is 2.10 bits per heavy atom. The largest absolute Gasteiger partial charge is 0.494 e. The van der Waals surface area contributed by atoms with Crippen LogP contribution in [0.5, 0.6) is 5.75 Å². The molecular weight excluding hydrogens is 260 g/mol. The molecule has 1 heterocycles. The molecule has 0 unspecified atom stereocenters. The van der Waals surface area contributed by atoms with Crippen LogP contribution in [-0.2, 0) is 13.0 Å². The van der Waals surface area contributed by atoms with Gasteiger partial charge in [-0.15, -0.1) is 0 Å². The van der Waals surface area contributed by atoms with Gasteiger partial charge >= 0.3 is 0 Å². The molecule has 0 aromatic heterocycles. The van der Waals surface area contributed by atoms with Crippen LogP contribution in [0, 0.1) is 0 Å². The molecular formula is C18H22N2O. The Labute approximate surface area is 126 Å². The highest BCUT2D eigenvalue weighted by Gasteiger charge is 2.15. The first-order valence-corrected chi connectivity index (χ1v) is 7.56. The minimum Gasteiger partial charge on any atom is -0.494 e. The molecule has 0 fully saturated rings. The maximum atomic E-state index is 5.53. The van der Waals surface area contributed by atoms with E-state index in [9.17, 15) is 0 Å². The van der Waals surface area contributed by atoms with E-state index in [0.29, 0.717) is 6.61 Å². The third-order valence-corrected chi connectivity index (χ3v) is 3.91. The van der Waals surface area contributed by atoms with E-state index in [4.69, 9.17) is 4.74 Å². The summed E-state index contributed by atoms with van der Waals surface area (Å²) in [6, 6.07) is 14.9. The average molecular weight is 282 g/mol. The zero-order valence-corrected chi connectivity index (χ0v) is 12.7. The van der Waals surface area contributed by atoms with E-state index in [2.05, 4.69) is 41.5 Å². The summed E-state index contributed by atoms with van der Waals surface area (Å²) >= 11 is 0. The Bertz CT molecular complexity index is 624. The van der Waals surface area contributed by atoms with Crippen molar-refractivity contribution in [2.45, 2.75) is 19.9 Å². The van der Waals surface area contributed by atoms with Gasteiger partial charge < -0.3 is 15.0 Å². The smallest absolute Gasteiger partial charge is 0.121 e. The average Bonchev–Trinajstić information content (AvgIpc) is 2.87. The molecule has 0 saturated heterocycles. The van der Waals surface area contributed by atoms with Crippen LogP contribution in [0.3, 0.4) is 0 Å². The molecule has 0 aliphatic carbocycles. The van der Waals surface area contributed by atoms with Gasteiger partial charge in [0.15, 0.2) is 0 Å². The van der Waals surface area contributed by atoms with E-state index in [1.165, 1.54) is 16.8 Å². The van der Waals surface area contributed by atoms with Crippen LogP contribution in [0.2, 0.25) is 0 Å². The van der Waals surface area contributed by atoms with Crippen LogP contribution in [0.1, 0.15) is 18.1 Å². The van der Waals surface area contributed by atoms with Gasteiger partial charge in [-0.05, 0) is 42.7 Å². The number of likely N-dealkylation sites (N-methyl/N-ethyl adjacent to an activating group) is 1. The standard InChI is InChI=1S/C18H22N2O/c1-3-21-17-6-4-5-16(12-17)19-13-14-7-8-18-15(11-14)9-10-20(18)2/h4-8,11-12,19H,3,9-10,13H2,1-2H3. The molecule has 2 aromatic rings. The number of fused-ring (bicyclic) bond motifs is 1. The summed E-state index contributed by atoms with van der Waals surface area (Å²) in [7, 11) is 2.16. The fraction of sp³-hybridized carbons (Fsp3) is 0.333. The molecule has 0 atom stereocenters. The van der Waals surface area contributed by atoms with Crippen LogP contribution >= 0.6 is 0 Å². The van der Waals surface area contributed by atoms with Gasteiger partial charge in [-0.25, -0.2) is 0 Å². The first-order chi connectivity index (χ1) is 10.3. The van der Waals surface area contributed by atoms with Gasteiger partial charge in [-0.1, -0.05) is 18.2 Å². The Morgan fingerprint density at radius 3 is 2.95 bits per heavy atom. The van der Waals surface area contributed by atoms with Crippen LogP contribution in [-0.4, -0.2) is 20.2 Å². The number of anilines is 2. The molecule has 0 spiro atoms. The molecule has 2 aromatic carbocycles. The van der Waals surface area contributed by atoms with Crippen molar-refractivity contribution in [2.24, 2.45) is 0 Å². The van der Waals surface area contributed by atoms with Crippen LogP contribution in [0.15, 0.2) is 42.5 Å². The van der Waals surface area contributed by atoms with Gasteiger partial charge in [0.1, 0.15) is 5.75 Å². The van der Waals surface area contributed by atoms with Crippen molar-refractivity contribution < 1.29 is 4.74 Å². The van der Waals surface area contributed by atoms with E-state index < -0.39 is 0 Å². The van der Waals surface area contributed by atoms with Crippen molar-refractivity contribution in [1.82, 2.24) is 0 Å². The molecule has 0 amide bonds. The lowest BCUT2D eigenvalue weighted by Gasteiger charge is -2.13. The molecule has 3 heteroatoms. The Hall–Kier alpha value is -2.16. The van der Waals surface area contributed by atoms with E-state index in [1.54, 1.807) is 0 Å². The van der Waals surface area contributed by atoms with Crippen LogP contribution < -0.4 is 15.0 Å². The molecule has 1 N–H and O–H groups in total. The number of rotatable bonds is 5. The number of hydrogen-bond acceptors (Lipinski definition) is 3. The number of hydrogen-bond donors (Lipinski definition) is 1. The normalized spacial score (nSPS) is 13.1. The first kappa shape index (κ1) is 13.8. The molecule has 1 aliphatic heterocycles. The summed E-state index contributed by atoms with van der Waals surface area (Å²) in [5.41, 5.74) is 5.25. The molecule has 3 rings (SSSR count). The third kappa shape index (κ3) is 3.13. The van der Waals surface area contributed by atoms with Crippen LogP contribution in [0.4, 0.5) is 11.4 Å². The summed E-state index contributed by atoms with van der Waals surface area (Å²) in [5.74, 6) is 0.915. The fourth-order valence-electron chi connectivity index (χ4n) is 2.80. The van der Waals surface area contributed by atoms with Crippen molar-refractivity contribution >= 4 is 11.4 Å². The number of benzene rings is 2. The predicted octanol–water partition coefficient (Wildman–Crippen LogP) is 3.69. The maximum absolute atomic E-state index is 5.53. The SMILES string of the molecule is CCOc1cccc(NCc2ccc3c(c2)CCN3C)c1. The topological polar surface area (TPSA) is 24.5 Å². The molecule has 0 bridgehead atoms. The summed E-state index contributed by atoms with van der Waals surface area (Å²) < 4.78 is 5.53. The maximum Gasteiger partial charge on any atom is 0.121 e. The summed E-state index contributed by atoms with van der Waals surface area (Å²) in [6.45, 7) is 4.67. The van der Waals surface area contributed by atoms with Crippen molar-refractivity contribution in [3.05, 3.63) is 53.6 Å². The summed E-state index contributed by atoms with van der Waals surface area (Å²) in [5, 5.41) is 3.47. The highest BCUT2D eigenvalue weighted by atomic mass is 16.5. The van der Waals surface area contributed by atoms with E-state index in [1.807, 2.05) is 25.1 Å². The zero-order valence-electron chi connectivity index (χ0n) is 12.7. The fourth-order valence-corrected chi connectivity index (χ4v) is 2.80. The predicted molar refractivity (Wildman–Crippen MR) is 88.4 cm³/mol. The number of nitrogens with one attached hydrogen (secondary N) is 1. The Balaban J connectivity index is 1.66. The molecule has 0 saturated carbocycles. The second kappa shape index (κ2) is 6.08. The minimum atomic E-state index is 0.696. The van der Waals surface area contributed by atoms with Gasteiger partial charge in [0.05, 0.1) is 6.61 Å². The molecule has 21 heavy (non-hydrogen) atoms. The van der Waals surface area contributed by atoms with Crippen molar-refractivity contribution in [2.75, 3.05) is 30.4 Å². The van der Waals surface area contributed by atoms with E-state index in [0.717, 1.165) is 30.9 Å². The van der Waals surface area contributed by atoms with Crippen molar-refractivity contribution in [3.63, 3.8) is 0 Å². The van der Waals surface area contributed by atoms with Gasteiger partial charge in [-0.2, -0.15) is 0 Å². The van der Waals surface area contributed by atoms with Gasteiger partial charge in [0.2, 0.25) is 0 Å². The monoisotopic (exact) mass is 282 g/mol. The van der Waals surface area contributed by atoms with Crippen LogP contribution in [0.25, 0.3) is 0 Å². The highest BCUT2D eigenvalue weighted by Crippen LogP contribution is 2.27. The summed E-state index contributed by atoms with van der Waals surface area (Å²) in [4.78, 5) is 2.32. The molecule has 3 nitrogen and oxygen atoms in total. The lowest BCUT2D eigenvalue weighted by atomic mass is 10.1. The van der Waals surface area contributed by atoms with E-state index >= 15 is 0 Å². The zero-order chi connectivity index (χ0) is 14.7. The Morgan fingerprint density at radius 1 is 1.19 bits per heavy atom. The quantitative estimate of drug-likeness (QED) is 0.905. The Kier molecular flexibility index (Phi) is 4.00. The molecule has 1 aliphatic rings. The highest BCUT2D eigenvalue weighted by molar-refractivity contribution is 5.59. The lowest BCUT2D eigenvalue weighted by molar-refractivity contribution is 0.340. The molecule has 0 radical (unpaired) electrons. The number of nitrogens with zero attached hydrogens (tertiary/aromatic N) is 1. The minimum absolute atomic E-state index is 0.696. The van der Waals surface area contributed by atoms with E-state index in [-0.39, 0.29) is 0 Å². The third-order valence-electron chi connectivity index (χ3n) is 3.91. The molecule has 110 valence electrons. The van der Waals surface area contributed by atoms with Crippen molar-refractivity contribution in [3.8, 4) is 5.75 Å². The first-order valence-electron chi connectivity index (χ1n) is 7.56. The lowest BCUT2D eigenvalue weighted by Crippen LogP contribution is -2.12. The van der Waals surface area contributed by atoms with Crippen molar-refractivity contribution in [1.29, 1.82) is 0 Å². The van der Waals surface area contributed by atoms with Gasteiger partial charge in [0.25, 0.3) is 0 Å². The second-order valence-corrected chi connectivity index (χ2v) is 5.45. The number of ether oxygens (including phenoxy) is 1. The van der Waals surface area contributed by atoms with Gasteiger partial charge in [0, 0.05) is 37.6 Å². The summed E-state index contributed by atoms with van der Waals surface area (Å²) in [6.07, 6.45) is 1.15.